The van der Waals surface area contributed by atoms with Crippen molar-refractivity contribution in [1.82, 2.24) is 4.98 Å². The van der Waals surface area contributed by atoms with Crippen LogP contribution in [0.3, 0.4) is 0 Å². The summed E-state index contributed by atoms with van der Waals surface area (Å²) in [5.74, 6) is 2.18. The Morgan fingerprint density at radius 3 is 2.38 bits per heavy atom. The number of aromatic nitrogens is 1. The van der Waals surface area contributed by atoms with Crippen molar-refractivity contribution >= 4 is 11.6 Å². The number of Topliss-reactive ketones (excluding diaryl/α,β-unsaturated/α-hetero) is 1. The Morgan fingerprint density at radius 1 is 1.02 bits per heavy atom. The zero-order valence-electron chi connectivity index (χ0n) is 25.7. The van der Waals surface area contributed by atoms with Crippen LogP contribution in [0.2, 0.25) is 0 Å². The number of hydrogen-bond acceptors (Lipinski definition) is 4. The highest BCUT2D eigenvalue weighted by atomic mass is 16.4. The molecule has 7 atom stereocenters. The first-order valence-electron chi connectivity index (χ1n) is 15.4. The van der Waals surface area contributed by atoms with Crippen LogP contribution in [0, 0.1) is 63.7 Å². The lowest BCUT2D eigenvalue weighted by Crippen LogP contribution is -2.65. The van der Waals surface area contributed by atoms with Gasteiger partial charge in [0, 0.05) is 23.2 Å². The molecule has 0 bridgehead atoms. The maximum Gasteiger partial charge on any atom is 0.226 e. The van der Waals surface area contributed by atoms with E-state index in [1.165, 1.54) is 5.57 Å². The lowest BCUT2D eigenvalue weighted by molar-refractivity contribution is -0.172. The van der Waals surface area contributed by atoms with E-state index >= 15 is 0 Å². The molecule has 0 aromatic carbocycles. The van der Waals surface area contributed by atoms with Crippen LogP contribution < -0.4 is 0 Å². The van der Waals surface area contributed by atoms with Crippen LogP contribution >= 0.6 is 0 Å². The van der Waals surface area contributed by atoms with Gasteiger partial charge in [-0.2, -0.15) is 0 Å². The van der Waals surface area contributed by atoms with E-state index in [2.05, 4.69) is 44.4 Å². The van der Waals surface area contributed by atoms with Crippen LogP contribution in [0.25, 0.3) is 4.85 Å². The molecule has 40 heavy (non-hydrogen) atoms. The van der Waals surface area contributed by atoms with Crippen molar-refractivity contribution in [2.75, 3.05) is 0 Å². The normalized spacial score (nSPS) is 43.3. The van der Waals surface area contributed by atoms with Crippen molar-refractivity contribution in [3.8, 4) is 0 Å². The predicted molar refractivity (Wildman–Crippen MR) is 155 cm³/mol. The van der Waals surface area contributed by atoms with Crippen LogP contribution in [0.1, 0.15) is 105 Å². The van der Waals surface area contributed by atoms with Crippen LogP contribution in [0.15, 0.2) is 34.0 Å². The molecule has 5 heteroatoms. The van der Waals surface area contributed by atoms with E-state index in [4.69, 9.17) is 11.0 Å². The van der Waals surface area contributed by atoms with Crippen molar-refractivity contribution in [2.45, 2.75) is 107 Å². The molecular formula is C35H46N2O3. The van der Waals surface area contributed by atoms with Gasteiger partial charge in [0.15, 0.2) is 17.5 Å². The van der Waals surface area contributed by atoms with E-state index in [1.54, 1.807) is 0 Å². The molecule has 5 aliphatic rings. The standard InChI is InChI=1S/C35H46N2O3/c1-21-20-37-27(40-21)19-35-14-12-30(2,3)17-22(35)28-24(38)16-26-32(6)18-23(36-9)29(39)31(4,5)25(32)10-11-33(26,7)34(28,8)13-15-35/h16,18,20,22,25,28H,10-15,17,19H2,1-8H3/t22?,25-,28?,32-,33+,34+,35+/m0/s1. The first kappa shape index (κ1) is 27.7. The van der Waals surface area contributed by atoms with E-state index in [1.807, 2.05) is 39.1 Å². The van der Waals surface area contributed by atoms with Crippen molar-refractivity contribution in [3.05, 3.63) is 52.7 Å². The second kappa shape index (κ2) is 8.30. The van der Waals surface area contributed by atoms with Gasteiger partial charge in [0.25, 0.3) is 0 Å². The number of allylic oxidation sites excluding steroid dienone is 4. The number of hydrogen-bond donors (Lipinski definition) is 0. The summed E-state index contributed by atoms with van der Waals surface area (Å²) in [7, 11) is 0. The number of fused-ring (bicyclic) bond motifs is 7. The maximum atomic E-state index is 14.6. The van der Waals surface area contributed by atoms with Crippen LogP contribution in [0.4, 0.5) is 0 Å². The second-order valence-electron chi connectivity index (χ2n) is 16.1. The molecule has 0 spiro atoms. The summed E-state index contributed by atoms with van der Waals surface area (Å²) in [4.78, 5) is 36.2. The van der Waals surface area contributed by atoms with Crippen molar-refractivity contribution in [3.63, 3.8) is 0 Å². The molecule has 5 aliphatic carbocycles. The molecule has 0 radical (unpaired) electrons. The summed E-state index contributed by atoms with van der Waals surface area (Å²) in [6.07, 6.45) is 13.9. The minimum absolute atomic E-state index is 0.0197. The van der Waals surface area contributed by atoms with E-state index in [0.29, 0.717) is 0 Å². The monoisotopic (exact) mass is 542 g/mol. The van der Waals surface area contributed by atoms with Crippen LogP contribution in [-0.4, -0.2) is 16.6 Å². The molecule has 1 aromatic heterocycles. The third kappa shape index (κ3) is 3.47. The number of carbonyl (C=O) groups excluding carboxylic acids is 2. The number of nitrogens with zero attached hydrogens (tertiary/aromatic N) is 2. The molecule has 3 saturated carbocycles. The highest BCUT2D eigenvalue weighted by molar-refractivity contribution is 6.03. The number of aryl methyl sites for hydroxylation is 1. The van der Waals surface area contributed by atoms with Crippen LogP contribution in [0.5, 0.6) is 0 Å². The fourth-order valence-corrected chi connectivity index (χ4v) is 10.8. The van der Waals surface area contributed by atoms with Gasteiger partial charge < -0.3 is 9.21 Å². The highest BCUT2D eigenvalue weighted by Crippen LogP contribution is 2.74. The largest absolute Gasteiger partial charge is 0.446 e. The van der Waals surface area contributed by atoms with Gasteiger partial charge in [-0.15, -0.1) is 0 Å². The zero-order chi connectivity index (χ0) is 29.1. The molecule has 2 unspecified atom stereocenters. The zero-order valence-corrected chi connectivity index (χ0v) is 25.7. The first-order chi connectivity index (χ1) is 18.5. The van der Waals surface area contributed by atoms with Gasteiger partial charge >= 0.3 is 0 Å². The minimum atomic E-state index is -0.629. The van der Waals surface area contributed by atoms with Gasteiger partial charge in [-0.1, -0.05) is 60.1 Å². The van der Waals surface area contributed by atoms with Gasteiger partial charge in [-0.25, -0.2) is 9.83 Å². The molecule has 0 saturated heterocycles. The molecule has 6 rings (SSSR count). The third-order valence-corrected chi connectivity index (χ3v) is 13.2. The van der Waals surface area contributed by atoms with Crippen molar-refractivity contribution in [2.24, 2.45) is 50.2 Å². The fraction of sp³-hybridized carbons (Fsp3) is 0.714. The first-order valence-corrected chi connectivity index (χ1v) is 15.4. The highest BCUT2D eigenvalue weighted by Gasteiger charge is 2.69. The summed E-state index contributed by atoms with van der Waals surface area (Å²) in [6.45, 7) is 25.5. The molecule has 3 fully saturated rings. The lowest BCUT2D eigenvalue weighted by Gasteiger charge is -2.69. The lowest BCUT2D eigenvalue weighted by atomic mass is 9.34. The van der Waals surface area contributed by atoms with Crippen LogP contribution in [-0.2, 0) is 16.0 Å². The Morgan fingerprint density at radius 2 is 1.73 bits per heavy atom. The van der Waals surface area contributed by atoms with Gasteiger partial charge in [0.1, 0.15) is 5.76 Å². The molecule has 214 valence electrons. The maximum absolute atomic E-state index is 14.6. The van der Waals surface area contributed by atoms with Gasteiger partial charge in [-0.3, -0.25) is 4.79 Å². The summed E-state index contributed by atoms with van der Waals surface area (Å²) in [5.41, 5.74) is 0.150. The predicted octanol–water partition coefficient (Wildman–Crippen LogP) is 8.10. The minimum Gasteiger partial charge on any atom is -0.446 e. The molecule has 1 heterocycles. The molecule has 1 aromatic rings. The van der Waals surface area contributed by atoms with E-state index in [9.17, 15) is 9.59 Å². The van der Waals surface area contributed by atoms with E-state index in [0.717, 1.165) is 63.0 Å². The fourth-order valence-electron chi connectivity index (χ4n) is 10.8. The van der Waals surface area contributed by atoms with Gasteiger partial charge in [0.05, 0.1) is 12.8 Å². The third-order valence-electron chi connectivity index (χ3n) is 13.2. The number of carbonyl (C=O) groups is 2. The SMILES string of the molecule is [C-]#[N+]C1=C[C@]2(C)C3=CC(=O)C4C5CC(C)(C)CC[C@]5(Cc5ncc(C)o5)CC[C@@]4(C)[C@]3(C)CC[C@H]2C(C)(C)C1=O. The Balaban J connectivity index is 1.50. The summed E-state index contributed by atoms with van der Waals surface area (Å²) in [6, 6.07) is 0. The molecule has 5 nitrogen and oxygen atoms in total. The smallest absolute Gasteiger partial charge is 0.226 e. The topological polar surface area (TPSA) is 64.5 Å². The average molecular weight is 543 g/mol. The molecular weight excluding hydrogens is 496 g/mol. The summed E-state index contributed by atoms with van der Waals surface area (Å²) in [5, 5.41) is 0. The second-order valence-corrected chi connectivity index (χ2v) is 16.1. The molecule has 0 amide bonds. The number of oxazole rings is 1. The van der Waals surface area contributed by atoms with Gasteiger partial charge in [-0.05, 0) is 91.4 Å². The number of rotatable bonds is 2. The van der Waals surface area contributed by atoms with E-state index < -0.39 is 10.8 Å². The number of ketones is 2. The van der Waals surface area contributed by atoms with Crippen molar-refractivity contribution < 1.29 is 14.0 Å². The Labute approximate surface area is 240 Å². The average Bonchev–Trinajstić information content (AvgIpc) is 3.27. The summed E-state index contributed by atoms with van der Waals surface area (Å²) >= 11 is 0. The molecule has 0 aliphatic heterocycles. The van der Waals surface area contributed by atoms with Crippen molar-refractivity contribution in [1.29, 1.82) is 0 Å². The molecule has 0 N–H and O–H groups in total. The summed E-state index contributed by atoms with van der Waals surface area (Å²) < 4.78 is 6.03. The Bertz CT molecular complexity index is 1400. The van der Waals surface area contributed by atoms with E-state index in [-0.39, 0.29) is 56.7 Å². The Hall–Kier alpha value is -2.48. The quantitative estimate of drug-likeness (QED) is 0.354. The van der Waals surface area contributed by atoms with Gasteiger partial charge in [0.2, 0.25) is 5.70 Å². The Kier molecular flexibility index (Phi) is 5.74.